The summed E-state index contributed by atoms with van der Waals surface area (Å²) in [6, 6.07) is 6.08. The molecule has 0 radical (unpaired) electrons. The second-order valence-corrected chi connectivity index (χ2v) is 7.19. The number of methoxy groups -OCH3 is 1. The maximum Gasteiger partial charge on any atom is 0.325 e. The van der Waals surface area contributed by atoms with Crippen LogP contribution in [0.5, 0.6) is 0 Å². The number of nitrogens with zero attached hydrogens (tertiary/aromatic N) is 2. The first-order chi connectivity index (χ1) is 13.9. The van der Waals surface area contributed by atoms with Gasteiger partial charge in [0.05, 0.1) is 23.8 Å². The Balaban J connectivity index is 2.16. The van der Waals surface area contributed by atoms with Gasteiger partial charge < -0.3 is 15.4 Å². The highest BCUT2D eigenvalue weighted by molar-refractivity contribution is 7.99. The number of esters is 1. The van der Waals surface area contributed by atoms with Crippen molar-refractivity contribution in [2.75, 3.05) is 19.4 Å². The van der Waals surface area contributed by atoms with Crippen molar-refractivity contribution in [3.8, 4) is 0 Å². The molecule has 0 bridgehead atoms. The third-order valence-electron chi connectivity index (χ3n) is 3.99. The monoisotopic (exact) mass is 420 g/mol. The number of rotatable bonds is 9. The standard InChI is InChI=1S/C19H24N4O5S/c1-4-9-20-17(26)12(2)21-15(24)11-29-19-22-14-8-6-5-7-13(14)18(27)23(19)10-16(25)28-3/h5-8,12H,4,9-11H2,1-3H3,(H,20,26)(H,21,24)/t12-/m0/s1. The predicted molar refractivity (Wildman–Crippen MR) is 110 cm³/mol. The highest BCUT2D eigenvalue weighted by atomic mass is 32.2. The van der Waals surface area contributed by atoms with E-state index in [1.54, 1.807) is 31.2 Å². The van der Waals surface area contributed by atoms with E-state index in [1.807, 2.05) is 6.92 Å². The van der Waals surface area contributed by atoms with Gasteiger partial charge in [0.2, 0.25) is 11.8 Å². The van der Waals surface area contributed by atoms with Gasteiger partial charge in [-0.05, 0) is 25.5 Å². The van der Waals surface area contributed by atoms with Crippen LogP contribution in [-0.4, -0.2) is 52.8 Å². The third-order valence-corrected chi connectivity index (χ3v) is 4.97. The number of ether oxygens (including phenoxy) is 1. The van der Waals surface area contributed by atoms with Gasteiger partial charge >= 0.3 is 5.97 Å². The molecule has 2 N–H and O–H groups in total. The molecule has 1 heterocycles. The Morgan fingerprint density at radius 2 is 2.00 bits per heavy atom. The summed E-state index contributed by atoms with van der Waals surface area (Å²) < 4.78 is 5.84. The Kier molecular flexibility index (Phi) is 8.20. The molecule has 0 spiro atoms. The average Bonchev–Trinajstić information content (AvgIpc) is 2.72. The van der Waals surface area contributed by atoms with Gasteiger partial charge in [-0.2, -0.15) is 0 Å². The van der Waals surface area contributed by atoms with E-state index in [-0.39, 0.29) is 29.3 Å². The zero-order chi connectivity index (χ0) is 21.4. The molecule has 0 saturated heterocycles. The van der Waals surface area contributed by atoms with E-state index in [2.05, 4.69) is 20.4 Å². The van der Waals surface area contributed by atoms with Crippen LogP contribution in [0.15, 0.2) is 34.2 Å². The Hall–Kier alpha value is -2.88. The summed E-state index contributed by atoms with van der Waals surface area (Å²) >= 11 is 1.01. The van der Waals surface area contributed by atoms with Crippen LogP contribution in [0.2, 0.25) is 0 Å². The molecule has 0 unspecified atom stereocenters. The number of amides is 2. The first-order valence-corrected chi connectivity index (χ1v) is 10.1. The Morgan fingerprint density at radius 3 is 2.69 bits per heavy atom. The molecule has 0 aliphatic carbocycles. The van der Waals surface area contributed by atoms with Crippen LogP contribution in [0.1, 0.15) is 20.3 Å². The summed E-state index contributed by atoms with van der Waals surface area (Å²) in [5, 5.41) is 5.90. The molecule has 0 aliphatic rings. The van der Waals surface area contributed by atoms with Gasteiger partial charge in [0.15, 0.2) is 5.16 Å². The van der Waals surface area contributed by atoms with Crippen LogP contribution in [0.25, 0.3) is 10.9 Å². The molecule has 0 aliphatic heterocycles. The lowest BCUT2D eigenvalue weighted by molar-refractivity contribution is -0.141. The molecule has 1 aromatic heterocycles. The number of hydrogen-bond acceptors (Lipinski definition) is 7. The molecule has 10 heteroatoms. The lowest BCUT2D eigenvalue weighted by Crippen LogP contribution is -2.45. The third kappa shape index (κ3) is 6.05. The fraction of sp³-hybridized carbons (Fsp3) is 0.421. The molecule has 1 atom stereocenters. The second-order valence-electron chi connectivity index (χ2n) is 6.25. The lowest BCUT2D eigenvalue weighted by atomic mass is 10.2. The number of thioether (sulfide) groups is 1. The summed E-state index contributed by atoms with van der Waals surface area (Å²) in [4.78, 5) is 53.0. The Morgan fingerprint density at radius 1 is 1.28 bits per heavy atom. The number of para-hydroxylation sites is 1. The molecule has 0 saturated carbocycles. The number of carbonyl (C=O) groups is 3. The molecule has 2 amide bonds. The molecule has 9 nitrogen and oxygen atoms in total. The maximum atomic E-state index is 12.8. The van der Waals surface area contributed by atoms with Gasteiger partial charge in [-0.25, -0.2) is 4.98 Å². The quantitative estimate of drug-likeness (QED) is 0.348. The van der Waals surface area contributed by atoms with Crippen molar-refractivity contribution in [1.82, 2.24) is 20.2 Å². The SMILES string of the molecule is CCCNC(=O)[C@H](C)NC(=O)CSc1nc2ccccc2c(=O)n1CC(=O)OC. The molecule has 2 rings (SSSR count). The van der Waals surface area contributed by atoms with Crippen LogP contribution < -0.4 is 16.2 Å². The van der Waals surface area contributed by atoms with E-state index in [1.165, 1.54) is 11.7 Å². The van der Waals surface area contributed by atoms with Crippen molar-refractivity contribution < 1.29 is 19.1 Å². The number of nitrogens with one attached hydrogen (secondary N) is 2. The van der Waals surface area contributed by atoms with Crippen molar-refractivity contribution in [3.63, 3.8) is 0 Å². The smallest absolute Gasteiger partial charge is 0.325 e. The molecular formula is C19H24N4O5S. The minimum atomic E-state index is -0.684. The number of fused-ring (bicyclic) bond motifs is 1. The zero-order valence-electron chi connectivity index (χ0n) is 16.6. The maximum absolute atomic E-state index is 12.8. The van der Waals surface area contributed by atoms with Crippen molar-refractivity contribution >= 4 is 40.4 Å². The largest absolute Gasteiger partial charge is 0.468 e. The number of aromatic nitrogens is 2. The number of hydrogen-bond donors (Lipinski definition) is 2. The fourth-order valence-electron chi connectivity index (χ4n) is 2.47. The first kappa shape index (κ1) is 22.4. The van der Waals surface area contributed by atoms with E-state index >= 15 is 0 Å². The van der Waals surface area contributed by atoms with E-state index in [0.717, 1.165) is 18.2 Å². The van der Waals surface area contributed by atoms with E-state index in [4.69, 9.17) is 0 Å². The van der Waals surface area contributed by atoms with E-state index < -0.39 is 17.6 Å². The van der Waals surface area contributed by atoms with Crippen LogP contribution in [0.4, 0.5) is 0 Å². The van der Waals surface area contributed by atoms with Gasteiger partial charge in [-0.3, -0.25) is 23.7 Å². The van der Waals surface area contributed by atoms with Crippen molar-refractivity contribution in [3.05, 3.63) is 34.6 Å². The van der Waals surface area contributed by atoms with Crippen molar-refractivity contribution in [2.24, 2.45) is 0 Å². The lowest BCUT2D eigenvalue weighted by Gasteiger charge is -2.15. The normalized spacial score (nSPS) is 11.7. The van der Waals surface area contributed by atoms with Crippen LogP contribution in [-0.2, 0) is 25.7 Å². The highest BCUT2D eigenvalue weighted by Gasteiger charge is 2.18. The van der Waals surface area contributed by atoms with Crippen LogP contribution in [0.3, 0.4) is 0 Å². The summed E-state index contributed by atoms with van der Waals surface area (Å²) in [5.74, 6) is -1.33. The average molecular weight is 420 g/mol. The summed E-state index contributed by atoms with van der Waals surface area (Å²) in [6.45, 7) is 3.75. The summed E-state index contributed by atoms with van der Waals surface area (Å²) in [6.07, 6.45) is 0.799. The fourth-order valence-corrected chi connectivity index (χ4v) is 3.28. The minimum absolute atomic E-state index is 0.0721. The molecule has 156 valence electrons. The second kappa shape index (κ2) is 10.6. The Bertz CT molecular complexity index is 959. The van der Waals surface area contributed by atoms with Crippen LogP contribution >= 0.6 is 11.8 Å². The molecular weight excluding hydrogens is 396 g/mol. The van der Waals surface area contributed by atoms with E-state index in [9.17, 15) is 19.2 Å². The Labute approximate surface area is 172 Å². The van der Waals surface area contributed by atoms with Crippen LogP contribution in [0, 0.1) is 0 Å². The summed E-state index contributed by atoms with van der Waals surface area (Å²) in [7, 11) is 1.23. The van der Waals surface area contributed by atoms with E-state index in [0.29, 0.717) is 17.4 Å². The topological polar surface area (TPSA) is 119 Å². The van der Waals surface area contributed by atoms with Crippen molar-refractivity contribution in [1.29, 1.82) is 0 Å². The molecule has 2 aromatic rings. The highest BCUT2D eigenvalue weighted by Crippen LogP contribution is 2.17. The predicted octanol–water partition coefficient (Wildman–Crippen LogP) is 0.692. The molecule has 0 fully saturated rings. The number of benzene rings is 1. The molecule has 29 heavy (non-hydrogen) atoms. The minimum Gasteiger partial charge on any atom is -0.468 e. The first-order valence-electron chi connectivity index (χ1n) is 9.13. The van der Waals surface area contributed by atoms with Crippen molar-refractivity contribution in [2.45, 2.75) is 38.0 Å². The van der Waals surface area contributed by atoms with Gasteiger partial charge in [-0.15, -0.1) is 0 Å². The summed E-state index contributed by atoms with van der Waals surface area (Å²) in [5.41, 5.74) is 0.0741. The zero-order valence-corrected chi connectivity index (χ0v) is 17.4. The number of carbonyl (C=O) groups excluding carboxylic acids is 3. The van der Waals surface area contributed by atoms with Gasteiger partial charge in [-0.1, -0.05) is 30.8 Å². The van der Waals surface area contributed by atoms with Gasteiger partial charge in [0.25, 0.3) is 5.56 Å². The van der Waals surface area contributed by atoms with Gasteiger partial charge in [0, 0.05) is 6.54 Å². The van der Waals surface area contributed by atoms with Gasteiger partial charge in [0.1, 0.15) is 12.6 Å². The molecule has 1 aromatic carbocycles.